The summed E-state index contributed by atoms with van der Waals surface area (Å²) in [6.45, 7) is 0.846. The van der Waals surface area contributed by atoms with E-state index >= 15 is 0 Å². The van der Waals surface area contributed by atoms with Gasteiger partial charge < -0.3 is 25.5 Å². The first-order valence-corrected chi connectivity index (χ1v) is 7.37. The molecule has 3 aromatic rings. The Morgan fingerprint density at radius 3 is 2.52 bits per heavy atom. The Hall–Kier alpha value is -3.10. The number of hydrogen-bond acceptors (Lipinski definition) is 5. The van der Waals surface area contributed by atoms with Crippen LogP contribution in [0.5, 0.6) is 11.5 Å². The number of nitrogens with zero attached hydrogens (tertiary/aromatic N) is 1. The fourth-order valence-electron chi connectivity index (χ4n) is 2.24. The zero-order valence-corrected chi connectivity index (χ0v) is 12.9. The van der Waals surface area contributed by atoms with Crippen molar-refractivity contribution in [3.05, 3.63) is 42.5 Å². The molecule has 9 heteroatoms. The topological polar surface area (TPSA) is 85.2 Å². The average molecular weight is 352 g/mol. The molecule has 0 bridgehead atoms. The van der Waals surface area contributed by atoms with E-state index in [9.17, 15) is 13.2 Å². The standard InChI is InChI=1S/C16H15F3N4O2/c17-16(18,19)25-12-4-2-11(3-5-12)24-8-7-21-10-1-6-13-14(9-10)23-15(20)22-13/h1-6,9,21H,7-8H2,(H3,20,22,23). The average Bonchev–Trinajstić information content (AvgIpc) is 2.91. The summed E-state index contributed by atoms with van der Waals surface area (Å²) in [7, 11) is 0. The molecule has 132 valence electrons. The lowest BCUT2D eigenvalue weighted by molar-refractivity contribution is -0.274. The lowest BCUT2D eigenvalue weighted by Crippen LogP contribution is -2.17. The Morgan fingerprint density at radius 1 is 1.08 bits per heavy atom. The van der Waals surface area contributed by atoms with Crippen molar-refractivity contribution in [2.45, 2.75) is 6.36 Å². The molecule has 1 heterocycles. The van der Waals surface area contributed by atoms with E-state index in [-0.39, 0.29) is 5.75 Å². The predicted molar refractivity (Wildman–Crippen MR) is 87.6 cm³/mol. The molecule has 2 aromatic carbocycles. The van der Waals surface area contributed by atoms with Gasteiger partial charge in [0, 0.05) is 12.2 Å². The number of nitrogens with one attached hydrogen (secondary N) is 2. The van der Waals surface area contributed by atoms with Crippen LogP contribution in [0.1, 0.15) is 0 Å². The van der Waals surface area contributed by atoms with Gasteiger partial charge in [0.05, 0.1) is 11.0 Å². The van der Waals surface area contributed by atoms with Gasteiger partial charge in [-0.25, -0.2) is 4.98 Å². The number of hydrogen-bond donors (Lipinski definition) is 3. The molecule has 0 saturated carbocycles. The van der Waals surface area contributed by atoms with Gasteiger partial charge in [-0.05, 0) is 42.5 Å². The number of fused-ring (bicyclic) bond motifs is 1. The van der Waals surface area contributed by atoms with Crippen molar-refractivity contribution in [3.63, 3.8) is 0 Å². The van der Waals surface area contributed by atoms with Gasteiger partial charge >= 0.3 is 6.36 Å². The molecule has 6 nitrogen and oxygen atoms in total. The summed E-state index contributed by atoms with van der Waals surface area (Å²) in [5, 5.41) is 3.17. The zero-order chi connectivity index (χ0) is 17.9. The molecule has 0 unspecified atom stereocenters. The molecule has 0 aliphatic carbocycles. The van der Waals surface area contributed by atoms with Gasteiger partial charge in [-0.1, -0.05) is 0 Å². The molecular formula is C16H15F3N4O2. The monoisotopic (exact) mass is 352 g/mol. The summed E-state index contributed by atoms with van der Waals surface area (Å²) in [4.78, 5) is 7.05. The summed E-state index contributed by atoms with van der Waals surface area (Å²) in [5.74, 6) is 0.520. The Labute approximate surface area is 140 Å². The SMILES string of the molecule is Nc1nc2ccc(NCCOc3ccc(OC(F)(F)F)cc3)cc2[nH]1. The maximum Gasteiger partial charge on any atom is 0.573 e. The highest BCUT2D eigenvalue weighted by Crippen LogP contribution is 2.24. The van der Waals surface area contributed by atoms with Crippen LogP contribution in [-0.4, -0.2) is 29.5 Å². The van der Waals surface area contributed by atoms with E-state index < -0.39 is 6.36 Å². The minimum atomic E-state index is -4.70. The normalized spacial score (nSPS) is 11.5. The number of aromatic nitrogens is 2. The van der Waals surface area contributed by atoms with Gasteiger partial charge in [-0.2, -0.15) is 0 Å². The molecule has 0 fully saturated rings. The van der Waals surface area contributed by atoms with Gasteiger partial charge in [-0.3, -0.25) is 0 Å². The summed E-state index contributed by atoms with van der Waals surface area (Å²) < 4.78 is 45.5. The number of nitrogens with two attached hydrogens (primary N) is 1. The van der Waals surface area contributed by atoms with E-state index in [0.29, 0.717) is 24.8 Å². The summed E-state index contributed by atoms with van der Waals surface area (Å²) in [6.07, 6.45) is -4.70. The first-order valence-electron chi connectivity index (χ1n) is 7.37. The van der Waals surface area contributed by atoms with Gasteiger partial charge in [-0.15, -0.1) is 13.2 Å². The molecule has 4 N–H and O–H groups in total. The lowest BCUT2D eigenvalue weighted by Gasteiger charge is -2.11. The maximum atomic E-state index is 12.1. The number of alkyl halides is 3. The minimum Gasteiger partial charge on any atom is -0.492 e. The Bertz CT molecular complexity index is 847. The zero-order valence-electron chi connectivity index (χ0n) is 12.9. The summed E-state index contributed by atoms with van der Waals surface area (Å²) in [6, 6.07) is 10.8. The number of nitrogen functional groups attached to an aromatic ring is 1. The number of rotatable bonds is 6. The van der Waals surface area contributed by atoms with Crippen LogP contribution in [0.4, 0.5) is 24.8 Å². The first-order chi connectivity index (χ1) is 11.9. The molecule has 0 atom stereocenters. The van der Waals surface area contributed by atoms with Crippen LogP contribution < -0.4 is 20.5 Å². The van der Waals surface area contributed by atoms with Crippen LogP contribution in [0.25, 0.3) is 11.0 Å². The van der Waals surface area contributed by atoms with E-state index in [1.165, 1.54) is 24.3 Å². The molecule has 0 amide bonds. The largest absolute Gasteiger partial charge is 0.573 e. The fourth-order valence-corrected chi connectivity index (χ4v) is 2.24. The lowest BCUT2D eigenvalue weighted by atomic mass is 10.3. The van der Waals surface area contributed by atoms with Crippen molar-refractivity contribution in [3.8, 4) is 11.5 Å². The smallest absolute Gasteiger partial charge is 0.492 e. The third-order valence-corrected chi connectivity index (χ3v) is 3.26. The number of anilines is 2. The van der Waals surface area contributed by atoms with E-state index in [0.717, 1.165) is 16.7 Å². The van der Waals surface area contributed by atoms with Gasteiger partial charge in [0.25, 0.3) is 0 Å². The van der Waals surface area contributed by atoms with E-state index in [4.69, 9.17) is 10.5 Å². The highest BCUT2D eigenvalue weighted by Gasteiger charge is 2.30. The van der Waals surface area contributed by atoms with Crippen LogP contribution in [0.3, 0.4) is 0 Å². The second kappa shape index (κ2) is 6.80. The van der Waals surface area contributed by atoms with Crippen molar-refractivity contribution >= 4 is 22.7 Å². The Morgan fingerprint density at radius 2 is 1.80 bits per heavy atom. The number of benzene rings is 2. The molecule has 25 heavy (non-hydrogen) atoms. The first kappa shape index (κ1) is 16.7. The van der Waals surface area contributed by atoms with Gasteiger partial charge in [0.15, 0.2) is 5.95 Å². The van der Waals surface area contributed by atoms with Crippen LogP contribution in [0, 0.1) is 0 Å². The predicted octanol–water partition coefficient (Wildman–Crippen LogP) is 3.53. The van der Waals surface area contributed by atoms with E-state index in [1.54, 1.807) is 0 Å². The van der Waals surface area contributed by atoms with Crippen LogP contribution in [0.15, 0.2) is 42.5 Å². The molecule has 1 aromatic heterocycles. The molecule has 0 saturated heterocycles. The Balaban J connectivity index is 1.47. The molecular weight excluding hydrogens is 337 g/mol. The van der Waals surface area contributed by atoms with Crippen molar-refractivity contribution in [2.75, 3.05) is 24.2 Å². The van der Waals surface area contributed by atoms with Crippen molar-refractivity contribution < 1.29 is 22.6 Å². The van der Waals surface area contributed by atoms with Crippen molar-refractivity contribution in [1.29, 1.82) is 0 Å². The number of ether oxygens (including phenoxy) is 2. The third-order valence-electron chi connectivity index (χ3n) is 3.26. The molecule has 0 aliphatic heterocycles. The van der Waals surface area contributed by atoms with Gasteiger partial charge in [0.2, 0.25) is 0 Å². The van der Waals surface area contributed by atoms with Crippen LogP contribution >= 0.6 is 0 Å². The highest BCUT2D eigenvalue weighted by atomic mass is 19.4. The minimum absolute atomic E-state index is 0.287. The fraction of sp³-hybridized carbons (Fsp3) is 0.188. The second-order valence-electron chi connectivity index (χ2n) is 5.15. The third kappa shape index (κ3) is 4.69. The number of aromatic amines is 1. The molecule has 0 aliphatic rings. The maximum absolute atomic E-state index is 12.1. The molecule has 3 rings (SSSR count). The van der Waals surface area contributed by atoms with E-state index in [1.807, 2.05) is 18.2 Å². The summed E-state index contributed by atoms with van der Waals surface area (Å²) in [5.41, 5.74) is 8.06. The quantitative estimate of drug-likeness (QED) is 0.591. The molecule has 0 spiro atoms. The van der Waals surface area contributed by atoms with Crippen LogP contribution in [-0.2, 0) is 0 Å². The summed E-state index contributed by atoms with van der Waals surface area (Å²) >= 11 is 0. The molecule has 0 radical (unpaired) electrons. The van der Waals surface area contributed by atoms with E-state index in [2.05, 4.69) is 20.0 Å². The van der Waals surface area contributed by atoms with Gasteiger partial charge in [0.1, 0.15) is 18.1 Å². The van der Waals surface area contributed by atoms with Crippen LogP contribution in [0.2, 0.25) is 0 Å². The van der Waals surface area contributed by atoms with Crippen molar-refractivity contribution in [2.24, 2.45) is 0 Å². The number of H-pyrrole nitrogens is 1. The second-order valence-corrected chi connectivity index (χ2v) is 5.15. The number of imidazole rings is 1. The number of halogens is 3. The Kier molecular flexibility index (Phi) is 4.55. The highest BCUT2D eigenvalue weighted by molar-refractivity contribution is 5.80. The van der Waals surface area contributed by atoms with Crippen molar-refractivity contribution in [1.82, 2.24) is 9.97 Å².